The minimum atomic E-state index is -0.145. The van der Waals surface area contributed by atoms with Crippen molar-refractivity contribution in [2.75, 3.05) is 13.7 Å². The summed E-state index contributed by atoms with van der Waals surface area (Å²) in [4.78, 5) is 20.1. The second-order valence-electron chi connectivity index (χ2n) is 4.57. The Kier molecular flexibility index (Phi) is 5.12. The van der Waals surface area contributed by atoms with Gasteiger partial charge in [-0.2, -0.15) is 0 Å². The zero-order chi connectivity index (χ0) is 15.4. The Morgan fingerprint density at radius 1 is 1.48 bits per heavy atom. The van der Waals surface area contributed by atoms with E-state index in [1.807, 2.05) is 25.3 Å². The van der Waals surface area contributed by atoms with Crippen LogP contribution in [0.2, 0.25) is 0 Å². The monoisotopic (exact) mass is 320 g/mol. The number of nitrogens with zero attached hydrogens (tertiary/aromatic N) is 2. The van der Waals surface area contributed by atoms with Crippen molar-refractivity contribution in [1.29, 1.82) is 0 Å². The molecule has 0 radical (unpaired) electrons. The second-order valence-corrected chi connectivity index (χ2v) is 6.77. The van der Waals surface area contributed by atoms with Crippen LogP contribution in [0.15, 0.2) is 11.4 Å². The van der Waals surface area contributed by atoms with E-state index in [4.69, 9.17) is 5.11 Å². The predicted molar refractivity (Wildman–Crippen MR) is 85.7 cm³/mol. The summed E-state index contributed by atoms with van der Waals surface area (Å²) in [6.07, 6.45) is 0. The quantitative estimate of drug-likeness (QED) is 0.884. The molecule has 2 rings (SSSR count). The first-order valence-electron chi connectivity index (χ1n) is 6.38. The van der Waals surface area contributed by atoms with Crippen LogP contribution in [-0.4, -0.2) is 34.6 Å². The van der Waals surface area contributed by atoms with E-state index in [1.165, 1.54) is 11.3 Å². The molecule has 110 valence electrons. The Bertz CT molecular complexity index is 707. The lowest BCUT2D eigenvalue weighted by Crippen LogP contribution is -2.25. The van der Waals surface area contributed by atoms with E-state index in [2.05, 4.69) is 16.8 Å². The van der Waals surface area contributed by atoms with Crippen molar-refractivity contribution < 1.29 is 9.90 Å². The number of aliphatic hydroxyl groups excluding tert-OH is 1. The van der Waals surface area contributed by atoms with Gasteiger partial charge in [-0.05, 0) is 19.9 Å². The molecule has 1 N–H and O–H groups in total. The standard InChI is InChI=1S/C15H16N2O2S2/c1-10-14(21-11(2)16-10)15(19)17(3)8-13-7-12(9-20-13)5-4-6-18/h7,9,18H,6,8H2,1-3H3. The number of hydrogen-bond donors (Lipinski definition) is 1. The summed E-state index contributed by atoms with van der Waals surface area (Å²) in [6.45, 7) is 4.16. The molecule has 0 aliphatic rings. The third kappa shape index (κ3) is 3.91. The van der Waals surface area contributed by atoms with Gasteiger partial charge in [0.15, 0.2) is 0 Å². The average molecular weight is 320 g/mol. The number of hydrogen-bond acceptors (Lipinski definition) is 5. The molecule has 2 aromatic rings. The van der Waals surface area contributed by atoms with E-state index in [0.717, 1.165) is 21.1 Å². The number of thiazole rings is 1. The van der Waals surface area contributed by atoms with Gasteiger partial charge in [-0.1, -0.05) is 11.8 Å². The molecule has 1 amide bonds. The fourth-order valence-electron chi connectivity index (χ4n) is 1.88. The Labute approximate surface area is 132 Å². The van der Waals surface area contributed by atoms with Gasteiger partial charge < -0.3 is 10.0 Å². The molecule has 0 atom stereocenters. The molecular weight excluding hydrogens is 304 g/mol. The van der Waals surface area contributed by atoms with Crippen LogP contribution in [-0.2, 0) is 6.54 Å². The SMILES string of the molecule is Cc1nc(C)c(C(=O)N(C)Cc2cc(C#CCO)cs2)s1. The van der Waals surface area contributed by atoms with Crippen LogP contribution >= 0.6 is 22.7 Å². The van der Waals surface area contributed by atoms with Crippen LogP contribution in [0.4, 0.5) is 0 Å². The van der Waals surface area contributed by atoms with Gasteiger partial charge in [0.25, 0.3) is 5.91 Å². The molecule has 0 aliphatic heterocycles. The van der Waals surface area contributed by atoms with Crippen molar-refractivity contribution in [1.82, 2.24) is 9.88 Å². The van der Waals surface area contributed by atoms with E-state index < -0.39 is 0 Å². The largest absolute Gasteiger partial charge is 0.384 e. The molecule has 0 saturated heterocycles. The maximum absolute atomic E-state index is 12.4. The lowest BCUT2D eigenvalue weighted by molar-refractivity contribution is 0.0790. The van der Waals surface area contributed by atoms with E-state index in [9.17, 15) is 4.79 Å². The first-order chi connectivity index (χ1) is 10.0. The molecule has 4 nitrogen and oxygen atoms in total. The van der Waals surface area contributed by atoms with Crippen molar-refractivity contribution in [3.05, 3.63) is 37.5 Å². The van der Waals surface area contributed by atoms with Crippen molar-refractivity contribution in [3.8, 4) is 11.8 Å². The third-order valence-corrected chi connectivity index (χ3v) is 4.79. The molecule has 2 aromatic heterocycles. The van der Waals surface area contributed by atoms with Crippen LogP contribution in [0.3, 0.4) is 0 Å². The topological polar surface area (TPSA) is 53.4 Å². The number of amides is 1. The Hall–Kier alpha value is -1.68. The maximum Gasteiger partial charge on any atom is 0.265 e. The van der Waals surface area contributed by atoms with Crippen molar-refractivity contribution in [3.63, 3.8) is 0 Å². The Balaban J connectivity index is 2.07. The van der Waals surface area contributed by atoms with Crippen LogP contribution in [0, 0.1) is 25.7 Å². The Morgan fingerprint density at radius 2 is 2.24 bits per heavy atom. The van der Waals surface area contributed by atoms with Crippen LogP contribution in [0.5, 0.6) is 0 Å². The molecule has 0 unspecified atom stereocenters. The first-order valence-corrected chi connectivity index (χ1v) is 8.07. The van der Waals surface area contributed by atoms with Gasteiger partial charge in [-0.25, -0.2) is 4.98 Å². The van der Waals surface area contributed by atoms with Crippen LogP contribution < -0.4 is 0 Å². The lowest BCUT2D eigenvalue weighted by atomic mass is 10.3. The lowest BCUT2D eigenvalue weighted by Gasteiger charge is -2.15. The summed E-state index contributed by atoms with van der Waals surface area (Å²) < 4.78 is 0. The van der Waals surface area contributed by atoms with Gasteiger partial charge in [-0.3, -0.25) is 4.79 Å². The minimum Gasteiger partial charge on any atom is -0.384 e. The second kappa shape index (κ2) is 6.85. The molecule has 0 fully saturated rings. The number of aromatic nitrogens is 1. The van der Waals surface area contributed by atoms with Crippen molar-refractivity contribution in [2.24, 2.45) is 0 Å². The average Bonchev–Trinajstić information content (AvgIpc) is 3.02. The third-order valence-electron chi connectivity index (χ3n) is 2.80. The van der Waals surface area contributed by atoms with Gasteiger partial charge in [-0.15, -0.1) is 22.7 Å². The number of thiophene rings is 1. The summed E-state index contributed by atoms with van der Waals surface area (Å²) in [5.41, 5.74) is 1.66. The predicted octanol–water partition coefficient (Wildman–Crippen LogP) is 2.44. The molecular formula is C15H16N2O2S2. The van der Waals surface area contributed by atoms with Gasteiger partial charge in [0.05, 0.1) is 17.2 Å². The molecule has 0 aromatic carbocycles. The van der Waals surface area contributed by atoms with Crippen LogP contribution in [0.1, 0.15) is 30.8 Å². The highest BCUT2D eigenvalue weighted by Crippen LogP contribution is 2.21. The highest BCUT2D eigenvalue weighted by Gasteiger charge is 2.18. The fourth-order valence-corrected chi connectivity index (χ4v) is 3.66. The molecule has 6 heteroatoms. The maximum atomic E-state index is 12.4. The summed E-state index contributed by atoms with van der Waals surface area (Å²) in [6, 6.07) is 1.95. The van der Waals surface area contributed by atoms with Gasteiger partial charge in [0, 0.05) is 22.9 Å². The number of carbonyl (C=O) groups is 1. The highest BCUT2D eigenvalue weighted by atomic mass is 32.1. The highest BCUT2D eigenvalue weighted by molar-refractivity contribution is 7.13. The van der Waals surface area contributed by atoms with Crippen molar-refractivity contribution >= 4 is 28.6 Å². The number of aryl methyl sites for hydroxylation is 2. The van der Waals surface area contributed by atoms with Gasteiger partial charge in [0.2, 0.25) is 0 Å². The fraction of sp³-hybridized carbons (Fsp3) is 0.333. The van der Waals surface area contributed by atoms with Gasteiger partial charge in [0.1, 0.15) is 11.5 Å². The summed E-state index contributed by atoms with van der Waals surface area (Å²) in [7, 11) is 1.79. The number of aliphatic hydroxyl groups is 1. The first kappa shape index (κ1) is 15.7. The van der Waals surface area contributed by atoms with E-state index in [0.29, 0.717) is 11.4 Å². The number of rotatable bonds is 3. The van der Waals surface area contributed by atoms with Crippen LogP contribution in [0.25, 0.3) is 0 Å². The van der Waals surface area contributed by atoms with E-state index in [-0.39, 0.29) is 12.5 Å². The molecule has 0 aliphatic carbocycles. The zero-order valence-electron chi connectivity index (χ0n) is 12.1. The molecule has 0 saturated carbocycles. The molecule has 0 bridgehead atoms. The molecule has 2 heterocycles. The smallest absolute Gasteiger partial charge is 0.265 e. The van der Waals surface area contributed by atoms with E-state index in [1.54, 1.807) is 23.3 Å². The molecule has 0 spiro atoms. The van der Waals surface area contributed by atoms with Gasteiger partial charge >= 0.3 is 0 Å². The number of carbonyl (C=O) groups excluding carboxylic acids is 1. The van der Waals surface area contributed by atoms with E-state index >= 15 is 0 Å². The summed E-state index contributed by atoms with van der Waals surface area (Å²) in [5.74, 6) is 5.47. The normalized spacial score (nSPS) is 10.1. The minimum absolute atomic E-state index is 0.00510. The summed E-state index contributed by atoms with van der Waals surface area (Å²) >= 11 is 2.99. The zero-order valence-corrected chi connectivity index (χ0v) is 13.8. The Morgan fingerprint density at radius 3 is 2.86 bits per heavy atom. The summed E-state index contributed by atoms with van der Waals surface area (Å²) in [5, 5.41) is 11.5. The molecule has 21 heavy (non-hydrogen) atoms. The van der Waals surface area contributed by atoms with Crippen molar-refractivity contribution in [2.45, 2.75) is 20.4 Å².